The lowest BCUT2D eigenvalue weighted by Crippen LogP contribution is -2.41. The SMILES string of the molecule is Cl.O=C(NCCc1cccc(F)c1)[C@@H]1CCCNC1. The van der Waals surface area contributed by atoms with Crippen LogP contribution in [0.3, 0.4) is 0 Å². The smallest absolute Gasteiger partial charge is 0.224 e. The van der Waals surface area contributed by atoms with Crippen molar-refractivity contribution in [3.63, 3.8) is 0 Å². The van der Waals surface area contributed by atoms with Gasteiger partial charge in [0.1, 0.15) is 5.82 Å². The number of piperidine rings is 1. The molecule has 1 atom stereocenters. The molecule has 0 aromatic heterocycles. The standard InChI is InChI=1S/C14H19FN2O.ClH/c15-13-5-1-3-11(9-13)6-8-17-14(18)12-4-2-7-16-10-12;/h1,3,5,9,12,16H,2,4,6-8,10H2,(H,17,18);1H/t12-;/m1./s1. The number of benzene rings is 1. The molecule has 3 nitrogen and oxygen atoms in total. The fourth-order valence-corrected chi connectivity index (χ4v) is 2.24. The molecule has 0 spiro atoms. The lowest BCUT2D eigenvalue weighted by Gasteiger charge is -2.21. The summed E-state index contributed by atoms with van der Waals surface area (Å²) in [4.78, 5) is 11.8. The second-order valence-electron chi connectivity index (χ2n) is 4.71. The van der Waals surface area contributed by atoms with E-state index in [9.17, 15) is 9.18 Å². The van der Waals surface area contributed by atoms with Crippen LogP contribution in [0.5, 0.6) is 0 Å². The Kier molecular flexibility index (Phi) is 6.81. The maximum atomic E-state index is 12.9. The Morgan fingerprint density at radius 2 is 2.32 bits per heavy atom. The van der Waals surface area contributed by atoms with E-state index in [1.165, 1.54) is 12.1 Å². The minimum Gasteiger partial charge on any atom is -0.355 e. The van der Waals surface area contributed by atoms with Gasteiger partial charge in [0.15, 0.2) is 0 Å². The number of halogens is 2. The van der Waals surface area contributed by atoms with E-state index >= 15 is 0 Å². The Morgan fingerprint density at radius 3 is 3.00 bits per heavy atom. The molecule has 0 bridgehead atoms. The van der Waals surface area contributed by atoms with Crippen molar-refractivity contribution in [2.24, 2.45) is 5.92 Å². The Bertz CT molecular complexity index is 408. The summed E-state index contributed by atoms with van der Waals surface area (Å²) < 4.78 is 12.9. The molecule has 1 aromatic carbocycles. The van der Waals surface area contributed by atoms with Gasteiger partial charge in [0.25, 0.3) is 0 Å². The molecule has 2 rings (SSSR count). The average Bonchev–Trinajstić information content (AvgIpc) is 2.40. The van der Waals surface area contributed by atoms with Crippen LogP contribution in [0.1, 0.15) is 18.4 Å². The van der Waals surface area contributed by atoms with E-state index in [1.807, 2.05) is 6.07 Å². The highest BCUT2D eigenvalue weighted by atomic mass is 35.5. The van der Waals surface area contributed by atoms with Gasteiger partial charge in [-0.05, 0) is 43.5 Å². The van der Waals surface area contributed by atoms with E-state index in [0.29, 0.717) is 13.0 Å². The number of carbonyl (C=O) groups is 1. The Labute approximate surface area is 119 Å². The van der Waals surface area contributed by atoms with Gasteiger partial charge in [-0.2, -0.15) is 0 Å². The summed E-state index contributed by atoms with van der Waals surface area (Å²) in [5.74, 6) is -0.0276. The van der Waals surface area contributed by atoms with Crippen molar-refractivity contribution in [1.29, 1.82) is 0 Å². The number of hydrogen-bond donors (Lipinski definition) is 2. The predicted octanol–water partition coefficient (Wildman–Crippen LogP) is 1.91. The zero-order valence-electron chi connectivity index (χ0n) is 10.8. The molecular weight excluding hydrogens is 267 g/mol. The molecule has 0 radical (unpaired) electrons. The molecule has 0 unspecified atom stereocenters. The van der Waals surface area contributed by atoms with Gasteiger partial charge in [-0.25, -0.2) is 4.39 Å². The first-order valence-electron chi connectivity index (χ1n) is 6.48. The molecule has 19 heavy (non-hydrogen) atoms. The molecule has 106 valence electrons. The quantitative estimate of drug-likeness (QED) is 0.888. The zero-order valence-corrected chi connectivity index (χ0v) is 11.6. The third-order valence-electron chi connectivity index (χ3n) is 3.27. The second kappa shape index (κ2) is 8.12. The summed E-state index contributed by atoms with van der Waals surface area (Å²) in [6.07, 6.45) is 2.68. The van der Waals surface area contributed by atoms with Crippen molar-refractivity contribution < 1.29 is 9.18 Å². The average molecular weight is 287 g/mol. The minimum absolute atomic E-state index is 0. The second-order valence-corrected chi connectivity index (χ2v) is 4.71. The third-order valence-corrected chi connectivity index (χ3v) is 3.27. The molecule has 1 fully saturated rings. The van der Waals surface area contributed by atoms with E-state index in [-0.39, 0.29) is 30.0 Å². The Hall–Kier alpha value is -1.13. The first kappa shape index (κ1) is 15.9. The van der Waals surface area contributed by atoms with Crippen LogP contribution in [0.4, 0.5) is 4.39 Å². The molecule has 1 amide bonds. The summed E-state index contributed by atoms with van der Waals surface area (Å²) in [6, 6.07) is 6.50. The minimum atomic E-state index is -0.227. The molecule has 0 aliphatic carbocycles. The maximum absolute atomic E-state index is 12.9. The van der Waals surface area contributed by atoms with Crippen LogP contribution in [0.15, 0.2) is 24.3 Å². The molecule has 5 heteroatoms. The fourth-order valence-electron chi connectivity index (χ4n) is 2.24. The van der Waals surface area contributed by atoms with Crippen molar-refractivity contribution >= 4 is 18.3 Å². The molecule has 1 heterocycles. The Morgan fingerprint density at radius 1 is 1.47 bits per heavy atom. The van der Waals surface area contributed by atoms with E-state index < -0.39 is 0 Å². The largest absolute Gasteiger partial charge is 0.355 e. The summed E-state index contributed by atoms with van der Waals surface area (Å²) in [5.41, 5.74) is 0.914. The van der Waals surface area contributed by atoms with Gasteiger partial charge in [0, 0.05) is 13.1 Å². The molecule has 1 saturated heterocycles. The van der Waals surface area contributed by atoms with E-state index in [0.717, 1.165) is 31.5 Å². The number of nitrogens with one attached hydrogen (secondary N) is 2. The van der Waals surface area contributed by atoms with Gasteiger partial charge in [-0.3, -0.25) is 4.79 Å². The van der Waals surface area contributed by atoms with Crippen molar-refractivity contribution in [3.05, 3.63) is 35.6 Å². The lowest BCUT2D eigenvalue weighted by atomic mass is 9.99. The number of hydrogen-bond acceptors (Lipinski definition) is 2. The van der Waals surface area contributed by atoms with Crippen molar-refractivity contribution in [2.75, 3.05) is 19.6 Å². The zero-order chi connectivity index (χ0) is 12.8. The molecule has 2 N–H and O–H groups in total. The van der Waals surface area contributed by atoms with Gasteiger partial charge in [-0.1, -0.05) is 12.1 Å². The summed E-state index contributed by atoms with van der Waals surface area (Å²) >= 11 is 0. The fraction of sp³-hybridized carbons (Fsp3) is 0.500. The van der Waals surface area contributed by atoms with Crippen LogP contribution in [-0.4, -0.2) is 25.5 Å². The first-order valence-corrected chi connectivity index (χ1v) is 6.48. The van der Waals surface area contributed by atoms with Gasteiger partial charge in [0.2, 0.25) is 5.91 Å². The summed E-state index contributed by atoms with van der Waals surface area (Å²) in [7, 11) is 0. The van der Waals surface area contributed by atoms with Crippen molar-refractivity contribution in [3.8, 4) is 0 Å². The molecule has 1 aromatic rings. The lowest BCUT2D eigenvalue weighted by molar-refractivity contribution is -0.125. The van der Waals surface area contributed by atoms with Gasteiger partial charge < -0.3 is 10.6 Å². The first-order chi connectivity index (χ1) is 8.75. The van der Waals surface area contributed by atoms with Gasteiger partial charge in [0.05, 0.1) is 5.92 Å². The monoisotopic (exact) mass is 286 g/mol. The normalized spacial score (nSPS) is 18.5. The molecule has 0 saturated carbocycles. The molecular formula is C14H20ClFN2O. The topological polar surface area (TPSA) is 41.1 Å². The maximum Gasteiger partial charge on any atom is 0.224 e. The number of carbonyl (C=O) groups excluding carboxylic acids is 1. The van der Waals surface area contributed by atoms with E-state index in [1.54, 1.807) is 6.07 Å². The third kappa shape index (κ3) is 5.17. The summed E-state index contributed by atoms with van der Waals surface area (Å²) in [6.45, 7) is 2.34. The van der Waals surface area contributed by atoms with E-state index in [2.05, 4.69) is 10.6 Å². The highest BCUT2D eigenvalue weighted by Crippen LogP contribution is 2.09. The van der Waals surface area contributed by atoms with Crippen LogP contribution in [-0.2, 0) is 11.2 Å². The number of amides is 1. The van der Waals surface area contributed by atoms with Crippen LogP contribution in [0.25, 0.3) is 0 Å². The van der Waals surface area contributed by atoms with Gasteiger partial charge in [-0.15, -0.1) is 12.4 Å². The summed E-state index contributed by atoms with van der Waals surface area (Å²) in [5, 5.41) is 6.14. The van der Waals surface area contributed by atoms with Crippen molar-refractivity contribution in [1.82, 2.24) is 10.6 Å². The number of rotatable bonds is 4. The highest BCUT2D eigenvalue weighted by molar-refractivity contribution is 5.85. The van der Waals surface area contributed by atoms with Crippen LogP contribution >= 0.6 is 12.4 Å². The molecule has 1 aliphatic rings. The van der Waals surface area contributed by atoms with Crippen LogP contribution in [0, 0.1) is 11.7 Å². The van der Waals surface area contributed by atoms with Crippen molar-refractivity contribution in [2.45, 2.75) is 19.3 Å². The van der Waals surface area contributed by atoms with Crippen LogP contribution < -0.4 is 10.6 Å². The van der Waals surface area contributed by atoms with E-state index in [4.69, 9.17) is 0 Å². The predicted molar refractivity (Wildman–Crippen MR) is 76.0 cm³/mol. The Balaban J connectivity index is 0.00000180. The highest BCUT2D eigenvalue weighted by Gasteiger charge is 2.19. The van der Waals surface area contributed by atoms with Gasteiger partial charge >= 0.3 is 0 Å². The molecule has 1 aliphatic heterocycles. The van der Waals surface area contributed by atoms with Crippen LogP contribution in [0.2, 0.25) is 0 Å².